The highest BCUT2D eigenvalue weighted by Crippen LogP contribution is 2.49. The third-order valence-electron chi connectivity index (χ3n) is 4.84. The number of aliphatic imine (C=N–C) groups is 1. The van der Waals surface area contributed by atoms with Crippen molar-refractivity contribution in [3.8, 4) is 11.5 Å². The molecule has 2 unspecified atom stereocenters. The molecule has 0 spiro atoms. The summed E-state index contributed by atoms with van der Waals surface area (Å²) in [6.45, 7) is 0. The molecule has 6 heteroatoms. The van der Waals surface area contributed by atoms with Gasteiger partial charge in [0.15, 0.2) is 17.7 Å². The van der Waals surface area contributed by atoms with Crippen LogP contribution in [0.4, 0.5) is 11.4 Å². The predicted octanol–water partition coefficient (Wildman–Crippen LogP) is 4.02. The Morgan fingerprint density at radius 3 is 2.72 bits per heavy atom. The van der Waals surface area contributed by atoms with E-state index in [4.69, 9.17) is 14.5 Å². The fourth-order valence-corrected chi connectivity index (χ4v) is 4.51. The number of anilines is 2. The Labute approximate surface area is 161 Å². The van der Waals surface area contributed by atoms with Gasteiger partial charge in [-0.15, -0.1) is 0 Å². The maximum absolute atomic E-state index is 5.71. The largest absolute Gasteiger partial charge is 0.493 e. The summed E-state index contributed by atoms with van der Waals surface area (Å²) in [6.07, 6.45) is 2.63. The summed E-state index contributed by atoms with van der Waals surface area (Å²) in [5.41, 5.74) is 4.62. The van der Waals surface area contributed by atoms with Crippen LogP contribution >= 0.6 is 22.6 Å². The van der Waals surface area contributed by atoms with Gasteiger partial charge >= 0.3 is 0 Å². The lowest BCUT2D eigenvalue weighted by Gasteiger charge is -2.44. The second-order valence-corrected chi connectivity index (χ2v) is 6.98. The second kappa shape index (κ2) is 6.74. The number of hydrogen-bond acceptors (Lipinski definition) is 5. The van der Waals surface area contributed by atoms with Gasteiger partial charge in [0.25, 0.3) is 0 Å². The molecule has 0 bridgehead atoms. The molecular weight excluding hydrogens is 429 g/mol. The first-order chi connectivity index (χ1) is 12.3. The van der Waals surface area contributed by atoms with Crippen LogP contribution in [0, 0.1) is 0 Å². The molecule has 1 N–H and O–H groups in total. The molecule has 4 rings (SSSR count). The number of methoxy groups -OCH3 is 2. The number of nitrogens with one attached hydrogen (secondary N) is 1. The number of benzene rings is 2. The van der Waals surface area contributed by atoms with Gasteiger partial charge in [-0.2, -0.15) is 0 Å². The maximum atomic E-state index is 5.71. The zero-order valence-electron chi connectivity index (χ0n) is 14.2. The van der Waals surface area contributed by atoms with Crippen molar-refractivity contribution in [3.05, 3.63) is 47.5 Å². The van der Waals surface area contributed by atoms with E-state index in [1.165, 1.54) is 16.8 Å². The average molecular weight is 449 g/mol. The van der Waals surface area contributed by atoms with Crippen LogP contribution in [0.1, 0.15) is 17.3 Å². The van der Waals surface area contributed by atoms with Gasteiger partial charge in [-0.05, 0) is 18.6 Å². The number of halogens is 1. The van der Waals surface area contributed by atoms with Crippen molar-refractivity contribution in [2.45, 2.75) is 18.6 Å². The molecule has 2 aromatic carbocycles. The maximum Gasteiger partial charge on any atom is 0.164 e. The lowest BCUT2D eigenvalue weighted by molar-refractivity contribution is 0.347. The van der Waals surface area contributed by atoms with Crippen LogP contribution in [0.15, 0.2) is 41.4 Å². The number of alkyl halides is 1. The van der Waals surface area contributed by atoms with Crippen LogP contribution in [0.3, 0.4) is 0 Å². The Hall–Kier alpha value is -1.96. The van der Waals surface area contributed by atoms with Gasteiger partial charge in [0, 0.05) is 33.4 Å². The highest BCUT2D eigenvalue weighted by atomic mass is 127. The molecule has 0 aromatic heterocycles. The van der Waals surface area contributed by atoms with Gasteiger partial charge in [0.1, 0.15) is 0 Å². The summed E-state index contributed by atoms with van der Waals surface area (Å²) in [7, 11) is 3.39. The van der Waals surface area contributed by atoms with Crippen LogP contribution in [-0.2, 0) is 6.42 Å². The minimum atomic E-state index is -0.0537. The number of hydrogen-bond donors (Lipinski definition) is 1. The quantitative estimate of drug-likeness (QED) is 0.566. The molecule has 130 valence electrons. The molecule has 0 fully saturated rings. The molecule has 0 radical (unpaired) electrons. The topological polar surface area (TPSA) is 46.1 Å². The Morgan fingerprint density at radius 1 is 1.24 bits per heavy atom. The molecule has 2 aliphatic rings. The second-order valence-electron chi connectivity index (χ2n) is 6.10. The molecule has 2 heterocycles. The summed E-state index contributed by atoms with van der Waals surface area (Å²) >= 11 is 2.46. The summed E-state index contributed by atoms with van der Waals surface area (Å²) < 4.78 is 12.3. The average Bonchev–Trinajstić information content (AvgIpc) is 2.68. The Bertz CT molecular complexity index is 810. The summed E-state index contributed by atoms with van der Waals surface area (Å²) in [6, 6.07) is 12.9. The predicted molar refractivity (Wildman–Crippen MR) is 110 cm³/mol. The van der Waals surface area contributed by atoms with Gasteiger partial charge in [-0.3, -0.25) is 0 Å². The van der Waals surface area contributed by atoms with Gasteiger partial charge in [0.2, 0.25) is 0 Å². The zero-order chi connectivity index (χ0) is 17.4. The number of para-hydroxylation sites is 1. The van der Waals surface area contributed by atoms with Crippen molar-refractivity contribution in [2.24, 2.45) is 4.99 Å². The first-order valence-corrected chi connectivity index (χ1v) is 9.76. The Morgan fingerprint density at radius 2 is 2.04 bits per heavy atom. The highest BCUT2D eigenvalue weighted by Gasteiger charge is 2.39. The summed E-state index contributed by atoms with van der Waals surface area (Å²) in [5, 5.41) is 3.28. The van der Waals surface area contributed by atoms with E-state index in [9.17, 15) is 0 Å². The molecule has 25 heavy (non-hydrogen) atoms. The Kier molecular flexibility index (Phi) is 4.45. The normalized spacial score (nSPS) is 20.7. The minimum Gasteiger partial charge on any atom is -0.493 e. The van der Waals surface area contributed by atoms with E-state index < -0.39 is 0 Å². The van der Waals surface area contributed by atoms with Crippen molar-refractivity contribution in [3.63, 3.8) is 0 Å². The van der Waals surface area contributed by atoms with E-state index in [1.807, 2.05) is 12.1 Å². The molecular formula is C19H20IN3O2. The smallest absolute Gasteiger partial charge is 0.164 e. The van der Waals surface area contributed by atoms with Crippen LogP contribution in [-0.4, -0.2) is 31.0 Å². The third-order valence-corrected chi connectivity index (χ3v) is 5.85. The lowest BCUT2D eigenvalue weighted by Crippen LogP contribution is -2.46. The van der Waals surface area contributed by atoms with E-state index in [1.54, 1.807) is 20.6 Å². The van der Waals surface area contributed by atoms with Crippen LogP contribution < -0.4 is 19.7 Å². The van der Waals surface area contributed by atoms with Crippen molar-refractivity contribution in [1.82, 2.24) is 0 Å². The van der Waals surface area contributed by atoms with Crippen molar-refractivity contribution in [1.29, 1.82) is 0 Å². The van der Waals surface area contributed by atoms with Gasteiger partial charge in [0.05, 0.1) is 26.2 Å². The zero-order valence-corrected chi connectivity index (χ0v) is 16.4. The van der Waals surface area contributed by atoms with E-state index in [0.29, 0.717) is 6.04 Å². The Balaban J connectivity index is 1.92. The molecule has 2 aromatic rings. The number of nitrogens with zero attached hydrogens (tertiary/aromatic N) is 2. The van der Waals surface area contributed by atoms with E-state index in [-0.39, 0.29) is 6.17 Å². The first-order valence-electron chi connectivity index (χ1n) is 8.23. The highest BCUT2D eigenvalue weighted by molar-refractivity contribution is 14.1. The standard InChI is InChI=1S/C19H20IN3O2/c1-24-16-9-15-17-14(18(16)25-2)8-13(10-20)23(19(17)22-11-21-15)12-6-4-3-5-7-12/h3-7,9,11,13,19H,8,10H2,1-2H3,(H,21,22). The molecule has 0 amide bonds. The minimum absolute atomic E-state index is 0.0537. The summed E-state index contributed by atoms with van der Waals surface area (Å²) in [5.74, 6) is 1.59. The van der Waals surface area contributed by atoms with Gasteiger partial charge < -0.3 is 19.7 Å². The van der Waals surface area contributed by atoms with Gasteiger partial charge in [-0.25, -0.2) is 4.99 Å². The molecule has 0 saturated heterocycles. The van der Waals surface area contributed by atoms with E-state index >= 15 is 0 Å². The van der Waals surface area contributed by atoms with E-state index in [2.05, 4.69) is 57.1 Å². The summed E-state index contributed by atoms with van der Waals surface area (Å²) in [4.78, 5) is 7.20. The molecule has 0 saturated carbocycles. The molecule has 2 aliphatic heterocycles. The third kappa shape index (κ3) is 2.63. The van der Waals surface area contributed by atoms with Gasteiger partial charge in [-0.1, -0.05) is 40.8 Å². The number of ether oxygens (including phenoxy) is 2. The van der Waals surface area contributed by atoms with Crippen molar-refractivity contribution < 1.29 is 9.47 Å². The fourth-order valence-electron chi connectivity index (χ4n) is 3.78. The fraction of sp³-hybridized carbons (Fsp3) is 0.316. The van der Waals surface area contributed by atoms with Crippen LogP contribution in [0.5, 0.6) is 11.5 Å². The lowest BCUT2D eigenvalue weighted by atomic mass is 9.88. The molecule has 0 aliphatic carbocycles. The first kappa shape index (κ1) is 16.5. The SMILES string of the molecule is COc1cc2c3c(c1OC)CC(CI)N(c1ccccc1)C3N=CN2. The molecule has 2 atom stereocenters. The molecule has 5 nitrogen and oxygen atoms in total. The van der Waals surface area contributed by atoms with Crippen LogP contribution in [0.25, 0.3) is 0 Å². The monoisotopic (exact) mass is 449 g/mol. The van der Waals surface area contributed by atoms with Crippen LogP contribution in [0.2, 0.25) is 0 Å². The van der Waals surface area contributed by atoms with Crippen molar-refractivity contribution >= 4 is 40.3 Å². The number of rotatable bonds is 4. The van der Waals surface area contributed by atoms with E-state index in [0.717, 1.165) is 28.0 Å². The van der Waals surface area contributed by atoms with Crippen molar-refractivity contribution in [2.75, 3.05) is 28.9 Å².